The quantitative estimate of drug-likeness (QED) is 0.786. The zero-order valence-corrected chi connectivity index (χ0v) is 16.9. The number of piperidine rings is 1. The Hall–Kier alpha value is -1.60. The Morgan fingerprint density at radius 2 is 1.96 bits per heavy atom. The van der Waals surface area contributed by atoms with E-state index in [-0.39, 0.29) is 24.4 Å². The summed E-state index contributed by atoms with van der Waals surface area (Å²) in [6, 6.07) is 7.62. The number of ether oxygens (including phenoxy) is 1. The maximum absolute atomic E-state index is 12.8. The number of rotatable bonds is 7. The van der Waals surface area contributed by atoms with Crippen LogP contribution < -0.4 is 10.1 Å². The van der Waals surface area contributed by atoms with Crippen LogP contribution >= 0.6 is 0 Å². The molecule has 1 amide bonds. The van der Waals surface area contributed by atoms with Gasteiger partial charge in [-0.05, 0) is 42.9 Å². The van der Waals surface area contributed by atoms with Crippen molar-refractivity contribution < 1.29 is 17.9 Å². The monoisotopic (exact) mass is 382 g/mol. The summed E-state index contributed by atoms with van der Waals surface area (Å²) in [6.45, 7) is 5.00. The van der Waals surface area contributed by atoms with Crippen molar-refractivity contribution in [1.29, 1.82) is 0 Å². The number of amides is 1. The van der Waals surface area contributed by atoms with E-state index in [9.17, 15) is 13.2 Å². The van der Waals surface area contributed by atoms with Crippen LogP contribution in [0.1, 0.15) is 44.7 Å². The third-order valence-electron chi connectivity index (χ3n) is 4.77. The molecule has 0 aliphatic carbocycles. The zero-order valence-electron chi connectivity index (χ0n) is 16.1. The van der Waals surface area contributed by atoms with Crippen LogP contribution in [0.4, 0.5) is 0 Å². The van der Waals surface area contributed by atoms with Gasteiger partial charge in [-0.1, -0.05) is 26.0 Å². The Bertz CT molecular complexity index is 701. The molecule has 146 valence electrons. The summed E-state index contributed by atoms with van der Waals surface area (Å²) >= 11 is 0. The van der Waals surface area contributed by atoms with E-state index in [1.54, 1.807) is 7.11 Å². The number of methoxy groups -OCH3 is 1. The Morgan fingerprint density at radius 1 is 1.31 bits per heavy atom. The van der Waals surface area contributed by atoms with Crippen molar-refractivity contribution in [2.75, 3.05) is 26.5 Å². The first-order valence-corrected chi connectivity index (χ1v) is 10.9. The van der Waals surface area contributed by atoms with E-state index >= 15 is 0 Å². The Kier molecular flexibility index (Phi) is 7.06. The first-order valence-electron chi connectivity index (χ1n) is 9.10. The highest BCUT2D eigenvalue weighted by atomic mass is 32.2. The van der Waals surface area contributed by atoms with Gasteiger partial charge in [0.2, 0.25) is 15.9 Å². The summed E-state index contributed by atoms with van der Waals surface area (Å²) < 4.78 is 30.2. The Balaban J connectivity index is 2.10. The molecule has 26 heavy (non-hydrogen) atoms. The van der Waals surface area contributed by atoms with Gasteiger partial charge in [0.25, 0.3) is 0 Å². The summed E-state index contributed by atoms with van der Waals surface area (Å²) in [7, 11) is -1.64. The molecule has 1 aromatic carbocycles. The summed E-state index contributed by atoms with van der Waals surface area (Å²) in [6.07, 6.45) is 3.45. The topological polar surface area (TPSA) is 75.7 Å². The number of sulfonamides is 1. The minimum atomic E-state index is -3.26. The fraction of sp³-hybridized carbons (Fsp3) is 0.632. The highest BCUT2D eigenvalue weighted by Gasteiger charge is 2.31. The standard InChI is InChI=1S/C19H30N2O4S/c1-14(2)12-18(15-7-9-17(25-3)10-8-15)20-19(22)16-6-5-11-21(13-16)26(4,23)24/h7-10,14,16,18H,5-6,11-13H2,1-4H3,(H,20,22)/t16-,18+/m0/s1. The van der Waals surface area contributed by atoms with Crippen LogP contribution in [0.3, 0.4) is 0 Å². The predicted molar refractivity (Wildman–Crippen MR) is 102 cm³/mol. The van der Waals surface area contributed by atoms with Gasteiger partial charge in [-0.3, -0.25) is 4.79 Å². The molecule has 2 rings (SSSR count). The first kappa shape index (κ1) is 20.7. The van der Waals surface area contributed by atoms with Gasteiger partial charge >= 0.3 is 0 Å². The Labute approximate surface area is 157 Å². The molecule has 0 aromatic heterocycles. The molecule has 2 atom stereocenters. The van der Waals surface area contributed by atoms with Gasteiger partial charge in [-0.15, -0.1) is 0 Å². The molecule has 0 saturated carbocycles. The van der Waals surface area contributed by atoms with Gasteiger partial charge in [0.1, 0.15) is 5.75 Å². The van der Waals surface area contributed by atoms with E-state index in [0.717, 1.165) is 24.2 Å². The summed E-state index contributed by atoms with van der Waals surface area (Å²) in [5.74, 6) is 0.826. The van der Waals surface area contributed by atoms with Crippen LogP contribution in [-0.2, 0) is 14.8 Å². The molecule has 0 bridgehead atoms. The lowest BCUT2D eigenvalue weighted by Gasteiger charge is -2.31. The van der Waals surface area contributed by atoms with Gasteiger partial charge in [-0.2, -0.15) is 0 Å². The third-order valence-corrected chi connectivity index (χ3v) is 6.04. The molecular formula is C19H30N2O4S. The van der Waals surface area contributed by atoms with E-state index in [2.05, 4.69) is 19.2 Å². The van der Waals surface area contributed by atoms with Crippen LogP contribution in [0, 0.1) is 11.8 Å². The number of carbonyl (C=O) groups is 1. The average molecular weight is 383 g/mol. The number of carbonyl (C=O) groups excluding carboxylic acids is 1. The SMILES string of the molecule is COc1ccc([C@@H](CC(C)C)NC(=O)[C@H]2CCCN(S(C)(=O)=O)C2)cc1. The molecule has 1 saturated heterocycles. The van der Waals surface area contributed by atoms with Crippen LogP contribution in [0.5, 0.6) is 5.75 Å². The first-order chi connectivity index (χ1) is 12.2. The Morgan fingerprint density at radius 3 is 2.50 bits per heavy atom. The minimum Gasteiger partial charge on any atom is -0.497 e. The number of hydrogen-bond donors (Lipinski definition) is 1. The van der Waals surface area contributed by atoms with Crippen LogP contribution in [-0.4, -0.2) is 45.1 Å². The molecule has 1 aliphatic rings. The fourth-order valence-corrected chi connectivity index (χ4v) is 4.24. The van der Waals surface area contributed by atoms with E-state index in [4.69, 9.17) is 4.74 Å². The molecule has 1 fully saturated rings. The molecule has 7 heteroatoms. The van der Waals surface area contributed by atoms with Crippen molar-refractivity contribution in [1.82, 2.24) is 9.62 Å². The molecule has 0 radical (unpaired) electrons. The lowest BCUT2D eigenvalue weighted by atomic mass is 9.94. The van der Waals surface area contributed by atoms with Crippen molar-refractivity contribution in [3.8, 4) is 5.75 Å². The molecule has 6 nitrogen and oxygen atoms in total. The fourth-order valence-electron chi connectivity index (χ4n) is 3.33. The number of benzene rings is 1. The van der Waals surface area contributed by atoms with E-state index < -0.39 is 10.0 Å². The maximum atomic E-state index is 12.8. The highest BCUT2D eigenvalue weighted by Crippen LogP contribution is 2.25. The van der Waals surface area contributed by atoms with Gasteiger partial charge < -0.3 is 10.1 Å². The molecule has 0 unspecified atom stereocenters. The molecule has 1 aromatic rings. The highest BCUT2D eigenvalue weighted by molar-refractivity contribution is 7.88. The van der Waals surface area contributed by atoms with Gasteiger partial charge in [0.05, 0.1) is 25.3 Å². The molecule has 1 heterocycles. The number of hydrogen-bond acceptors (Lipinski definition) is 4. The van der Waals surface area contributed by atoms with Crippen LogP contribution in [0.25, 0.3) is 0 Å². The van der Waals surface area contributed by atoms with E-state index in [1.165, 1.54) is 10.6 Å². The summed E-state index contributed by atoms with van der Waals surface area (Å²) in [5, 5.41) is 3.14. The average Bonchev–Trinajstić information content (AvgIpc) is 2.60. The van der Waals surface area contributed by atoms with Gasteiger partial charge in [0, 0.05) is 13.1 Å². The summed E-state index contributed by atoms with van der Waals surface area (Å²) in [5.41, 5.74) is 1.03. The van der Waals surface area contributed by atoms with Crippen LogP contribution in [0.15, 0.2) is 24.3 Å². The van der Waals surface area contributed by atoms with Crippen molar-refractivity contribution in [2.45, 2.75) is 39.2 Å². The molecule has 0 spiro atoms. The second kappa shape index (κ2) is 8.86. The lowest BCUT2D eigenvalue weighted by molar-refractivity contribution is -0.127. The van der Waals surface area contributed by atoms with Gasteiger partial charge in [-0.25, -0.2) is 12.7 Å². The van der Waals surface area contributed by atoms with Crippen molar-refractivity contribution in [2.24, 2.45) is 11.8 Å². The normalized spacial score (nSPS) is 20.0. The maximum Gasteiger partial charge on any atom is 0.224 e. The molecule has 1 N–H and O–H groups in total. The lowest BCUT2D eigenvalue weighted by Crippen LogP contribution is -2.45. The van der Waals surface area contributed by atoms with Crippen molar-refractivity contribution in [3.05, 3.63) is 29.8 Å². The smallest absolute Gasteiger partial charge is 0.224 e. The number of nitrogens with zero attached hydrogens (tertiary/aromatic N) is 1. The summed E-state index contributed by atoms with van der Waals surface area (Å²) in [4.78, 5) is 12.8. The second-order valence-electron chi connectivity index (χ2n) is 7.42. The zero-order chi connectivity index (χ0) is 19.3. The van der Waals surface area contributed by atoms with E-state index in [1.807, 2.05) is 24.3 Å². The van der Waals surface area contributed by atoms with Crippen molar-refractivity contribution >= 4 is 15.9 Å². The second-order valence-corrected chi connectivity index (χ2v) is 9.41. The van der Waals surface area contributed by atoms with Crippen molar-refractivity contribution in [3.63, 3.8) is 0 Å². The predicted octanol–water partition coefficient (Wildman–Crippen LogP) is 2.57. The molecule has 1 aliphatic heterocycles. The minimum absolute atomic E-state index is 0.0696. The largest absolute Gasteiger partial charge is 0.497 e. The third kappa shape index (κ3) is 5.71. The van der Waals surface area contributed by atoms with Gasteiger partial charge in [0.15, 0.2) is 0 Å². The van der Waals surface area contributed by atoms with E-state index in [0.29, 0.717) is 18.9 Å². The number of nitrogens with one attached hydrogen (secondary N) is 1. The molecular weight excluding hydrogens is 352 g/mol. The van der Waals surface area contributed by atoms with Crippen LogP contribution in [0.2, 0.25) is 0 Å².